The normalized spacial score (nSPS) is 24.2. The molecule has 5 rings (SSSR count). The van der Waals surface area contributed by atoms with Crippen LogP contribution in [-0.2, 0) is 47.7 Å². The molecule has 3 aliphatic heterocycles. The van der Waals surface area contributed by atoms with Crippen molar-refractivity contribution in [3.05, 3.63) is 42.0 Å². The van der Waals surface area contributed by atoms with E-state index in [9.17, 15) is 28.8 Å². The van der Waals surface area contributed by atoms with E-state index in [2.05, 4.69) is 21.3 Å². The first-order valence-electron chi connectivity index (χ1n) is 17.7. The summed E-state index contributed by atoms with van der Waals surface area (Å²) in [6.07, 6.45) is 4.59. The number of benzene rings is 1. The highest BCUT2D eigenvalue weighted by atomic mass is 16.7. The molecule has 2 unspecified atom stereocenters. The third-order valence-corrected chi connectivity index (χ3v) is 9.64. The van der Waals surface area contributed by atoms with E-state index in [-0.39, 0.29) is 37.0 Å². The number of anilines is 1. The van der Waals surface area contributed by atoms with Crippen molar-refractivity contribution in [2.75, 3.05) is 51.9 Å². The SMILES string of the molecule is CO[C@H]1COC([C@H]2COC(c3ccc(NC(=O)[C@H](CCCNC(N)=O)NC(=O)C4(C(=O)NCCCCCN5C(=O)C=CC5=O)CCC4)cc3)O2)CO1. The molecule has 1 aromatic rings. The predicted molar refractivity (Wildman–Crippen MR) is 183 cm³/mol. The van der Waals surface area contributed by atoms with Gasteiger partial charge in [0.25, 0.3) is 11.8 Å². The summed E-state index contributed by atoms with van der Waals surface area (Å²) >= 11 is 0. The molecule has 284 valence electrons. The molecule has 0 spiro atoms. The Hall–Kier alpha value is -4.42. The van der Waals surface area contributed by atoms with E-state index in [0.717, 1.165) is 5.56 Å². The maximum absolute atomic E-state index is 13.6. The average molecular weight is 729 g/mol. The van der Waals surface area contributed by atoms with Crippen LogP contribution in [0.1, 0.15) is 63.2 Å². The lowest BCUT2D eigenvalue weighted by Gasteiger charge is -2.39. The van der Waals surface area contributed by atoms with E-state index >= 15 is 0 Å². The van der Waals surface area contributed by atoms with Crippen LogP contribution in [0.3, 0.4) is 0 Å². The van der Waals surface area contributed by atoms with Gasteiger partial charge in [0.2, 0.25) is 17.7 Å². The number of amides is 7. The van der Waals surface area contributed by atoms with Gasteiger partial charge in [0.05, 0.1) is 19.8 Å². The molecule has 3 heterocycles. The predicted octanol–water partition coefficient (Wildman–Crippen LogP) is 0.742. The maximum atomic E-state index is 13.6. The van der Waals surface area contributed by atoms with Gasteiger partial charge in [0.15, 0.2) is 12.6 Å². The number of nitrogens with zero attached hydrogens (tertiary/aromatic N) is 1. The van der Waals surface area contributed by atoms with Crippen LogP contribution in [0.4, 0.5) is 10.5 Å². The second kappa shape index (κ2) is 18.4. The quantitative estimate of drug-likeness (QED) is 0.0805. The summed E-state index contributed by atoms with van der Waals surface area (Å²) in [5.74, 6) is -2.09. The van der Waals surface area contributed by atoms with Crippen LogP contribution in [-0.4, -0.2) is 112 Å². The van der Waals surface area contributed by atoms with Crippen LogP contribution < -0.4 is 27.0 Å². The molecule has 0 bridgehead atoms. The summed E-state index contributed by atoms with van der Waals surface area (Å²) in [4.78, 5) is 76.2. The molecule has 0 aromatic heterocycles. The third-order valence-electron chi connectivity index (χ3n) is 9.64. The Morgan fingerprint density at radius 3 is 2.23 bits per heavy atom. The summed E-state index contributed by atoms with van der Waals surface area (Å²) in [5, 5.41) is 11.0. The number of nitrogens with two attached hydrogens (primary N) is 1. The Kier molecular flexibility index (Phi) is 13.7. The highest BCUT2D eigenvalue weighted by molar-refractivity contribution is 6.12. The van der Waals surface area contributed by atoms with E-state index in [1.54, 1.807) is 31.4 Å². The standard InChI is InChI=1S/C35H48N6O11/c1-48-29-21-49-25(19-50-29)26-20-51-31(52-26)22-8-10-23(11-9-22)39-30(44)24(7-5-17-38-34(36)47)40-33(46)35(14-6-15-35)32(45)37-16-3-2-4-18-41-27(42)12-13-28(41)43/h8-13,24-26,29,31H,2-7,14-21H2,1H3,(H,37,45)(H,39,44)(H,40,46)(H3,36,38,47)/t24-,25?,26+,29+,31?/m0/s1. The molecule has 17 heteroatoms. The zero-order valence-electron chi connectivity index (χ0n) is 29.3. The molecular formula is C35H48N6O11. The number of imide groups is 1. The number of ether oxygens (including phenoxy) is 5. The van der Waals surface area contributed by atoms with Crippen molar-refractivity contribution in [1.29, 1.82) is 0 Å². The van der Waals surface area contributed by atoms with Gasteiger partial charge in [0.1, 0.15) is 23.7 Å². The molecule has 4 aliphatic rings. The lowest BCUT2D eigenvalue weighted by molar-refractivity contribution is -0.242. The van der Waals surface area contributed by atoms with Crippen LogP contribution in [0, 0.1) is 5.41 Å². The Balaban J connectivity index is 1.11. The number of hydrogen-bond donors (Lipinski definition) is 5. The Morgan fingerprint density at radius 2 is 1.60 bits per heavy atom. The Morgan fingerprint density at radius 1 is 0.885 bits per heavy atom. The minimum absolute atomic E-state index is 0.175. The van der Waals surface area contributed by atoms with Crippen molar-refractivity contribution >= 4 is 41.3 Å². The minimum Gasteiger partial charge on any atom is -0.368 e. The Bertz CT molecular complexity index is 1460. The maximum Gasteiger partial charge on any atom is 0.312 e. The van der Waals surface area contributed by atoms with Crippen LogP contribution in [0.15, 0.2) is 36.4 Å². The largest absolute Gasteiger partial charge is 0.368 e. The van der Waals surface area contributed by atoms with Gasteiger partial charge in [-0.1, -0.05) is 18.6 Å². The number of rotatable bonds is 18. The van der Waals surface area contributed by atoms with Crippen molar-refractivity contribution in [1.82, 2.24) is 20.9 Å². The summed E-state index contributed by atoms with van der Waals surface area (Å²) in [5.41, 5.74) is 5.09. The van der Waals surface area contributed by atoms with Gasteiger partial charge >= 0.3 is 6.03 Å². The Labute approximate surface area is 301 Å². The van der Waals surface area contributed by atoms with Gasteiger partial charge in [-0.05, 0) is 57.1 Å². The van der Waals surface area contributed by atoms with E-state index in [1.807, 2.05) is 0 Å². The van der Waals surface area contributed by atoms with Crippen molar-refractivity contribution in [2.24, 2.45) is 11.1 Å². The molecule has 6 N–H and O–H groups in total. The summed E-state index contributed by atoms with van der Waals surface area (Å²) < 4.78 is 28.5. The van der Waals surface area contributed by atoms with Gasteiger partial charge in [-0.25, -0.2) is 4.79 Å². The monoisotopic (exact) mass is 728 g/mol. The average Bonchev–Trinajstić information content (AvgIpc) is 3.73. The first kappa shape index (κ1) is 38.8. The fraction of sp³-hybridized carbons (Fsp3) is 0.600. The van der Waals surface area contributed by atoms with Crippen molar-refractivity contribution in [3.63, 3.8) is 0 Å². The molecular weight excluding hydrogens is 680 g/mol. The number of nitrogens with one attached hydrogen (secondary N) is 4. The van der Waals surface area contributed by atoms with E-state index in [4.69, 9.17) is 29.4 Å². The van der Waals surface area contributed by atoms with Crippen molar-refractivity contribution in [3.8, 4) is 0 Å². The number of carbonyl (C=O) groups is 6. The molecule has 7 amide bonds. The smallest absolute Gasteiger partial charge is 0.312 e. The highest BCUT2D eigenvalue weighted by Gasteiger charge is 2.51. The molecule has 5 atom stereocenters. The molecule has 1 saturated carbocycles. The second-order valence-corrected chi connectivity index (χ2v) is 13.2. The van der Waals surface area contributed by atoms with E-state index in [1.165, 1.54) is 17.1 Å². The zero-order chi connectivity index (χ0) is 37.1. The second-order valence-electron chi connectivity index (χ2n) is 13.2. The van der Waals surface area contributed by atoms with Crippen molar-refractivity contribution < 1.29 is 52.5 Å². The molecule has 52 heavy (non-hydrogen) atoms. The molecule has 0 radical (unpaired) electrons. The summed E-state index contributed by atoms with van der Waals surface area (Å²) in [6, 6.07) is 5.22. The van der Waals surface area contributed by atoms with E-state index < -0.39 is 47.8 Å². The fourth-order valence-corrected chi connectivity index (χ4v) is 6.36. The third kappa shape index (κ3) is 9.92. The number of primary amides is 1. The van der Waals surface area contributed by atoms with Crippen molar-refractivity contribution in [2.45, 2.75) is 82.2 Å². The number of methoxy groups -OCH3 is 1. The summed E-state index contributed by atoms with van der Waals surface area (Å²) in [6.45, 7) is 1.76. The molecule has 3 fully saturated rings. The number of carbonyl (C=O) groups excluding carboxylic acids is 6. The molecule has 2 saturated heterocycles. The minimum atomic E-state index is -1.30. The van der Waals surface area contributed by atoms with Gasteiger partial charge < -0.3 is 50.7 Å². The lowest BCUT2D eigenvalue weighted by atomic mass is 9.67. The van der Waals surface area contributed by atoms with Gasteiger partial charge in [0, 0.05) is 50.1 Å². The number of hydrogen-bond acceptors (Lipinski definition) is 11. The van der Waals surface area contributed by atoms with Gasteiger partial charge in [-0.2, -0.15) is 0 Å². The van der Waals surface area contributed by atoms with Crippen LogP contribution in [0.2, 0.25) is 0 Å². The van der Waals surface area contributed by atoms with Gasteiger partial charge in [-0.15, -0.1) is 0 Å². The summed E-state index contributed by atoms with van der Waals surface area (Å²) in [7, 11) is 1.55. The van der Waals surface area contributed by atoms with Crippen LogP contribution in [0.5, 0.6) is 0 Å². The zero-order valence-corrected chi connectivity index (χ0v) is 29.3. The first-order valence-corrected chi connectivity index (χ1v) is 17.7. The lowest BCUT2D eigenvalue weighted by Crippen LogP contribution is -2.58. The topological polar surface area (TPSA) is 226 Å². The van der Waals surface area contributed by atoms with Crippen LogP contribution >= 0.6 is 0 Å². The molecule has 1 aromatic carbocycles. The molecule has 1 aliphatic carbocycles. The molecule has 17 nitrogen and oxygen atoms in total. The van der Waals surface area contributed by atoms with E-state index in [0.29, 0.717) is 83.5 Å². The number of unbranched alkanes of at least 4 members (excludes halogenated alkanes) is 2. The highest BCUT2D eigenvalue weighted by Crippen LogP contribution is 2.41. The van der Waals surface area contributed by atoms with Gasteiger partial charge in [-0.3, -0.25) is 28.9 Å². The fourth-order valence-electron chi connectivity index (χ4n) is 6.36. The van der Waals surface area contributed by atoms with Crippen LogP contribution in [0.25, 0.3) is 0 Å². The first-order chi connectivity index (χ1) is 25.1. The number of urea groups is 1.